The molecule has 6 rings (SSSR count). The summed E-state index contributed by atoms with van der Waals surface area (Å²) < 4.78 is 28.7. The van der Waals surface area contributed by atoms with Crippen LogP contribution in [-0.2, 0) is 20.8 Å². The summed E-state index contributed by atoms with van der Waals surface area (Å²) in [6.45, 7) is 3.71. The van der Waals surface area contributed by atoms with Gasteiger partial charge < -0.3 is 44.1 Å². The topological polar surface area (TPSA) is 145 Å². The number of nitrogens with zero attached hydrogens (tertiary/aromatic N) is 2. The molecule has 13 nitrogen and oxygen atoms in total. The number of para-hydroxylation sites is 2. The average molecular weight is 701 g/mol. The molecule has 3 amide bonds. The molecule has 270 valence electrons. The van der Waals surface area contributed by atoms with E-state index < -0.39 is 12.1 Å². The van der Waals surface area contributed by atoms with Gasteiger partial charge in [0.1, 0.15) is 6.61 Å². The standard InChI is InChI=1S/C38H44N4O9/c1-23(43)40-27-13-11-24-20-32(47-2)36(48-3)37(49-4)35(24)25-12-14-28(29(44)21-26(25)27)39-15-7-10-34(45)41-16-18-42(19-17-41)38(46)33-22-50-30-8-5-6-9-31(30)51-33/h5-6,8-9,12,14,20-21,27,33H,7,10-11,13,15-19,22H2,1-4H3,(H,39,44)(H,40,43)/t27-,33?/m0/s1. The van der Waals surface area contributed by atoms with E-state index in [9.17, 15) is 19.2 Å². The van der Waals surface area contributed by atoms with E-state index in [-0.39, 0.29) is 36.2 Å². The SMILES string of the molecule is COc1cc2c(c(OC)c1OC)-c1ccc(NCCCC(=O)N3CCN(C(=O)C4COc5ccccc5O4)CC3)c(=O)cc1[C@@H](NC(C)=O)CC2. The third kappa shape index (κ3) is 7.52. The summed E-state index contributed by atoms with van der Waals surface area (Å²) in [5, 5.41) is 6.24. The highest BCUT2D eigenvalue weighted by atomic mass is 16.6. The van der Waals surface area contributed by atoms with Gasteiger partial charge in [0.15, 0.2) is 23.0 Å². The Morgan fingerprint density at radius 1 is 0.902 bits per heavy atom. The van der Waals surface area contributed by atoms with Gasteiger partial charge in [-0.25, -0.2) is 0 Å². The fourth-order valence-corrected chi connectivity index (χ4v) is 7.00. The Kier molecular flexibility index (Phi) is 10.8. The van der Waals surface area contributed by atoms with E-state index in [0.29, 0.717) is 92.0 Å². The summed E-state index contributed by atoms with van der Waals surface area (Å²) in [6.07, 6.45) is 1.25. The van der Waals surface area contributed by atoms with Crippen LogP contribution in [-0.4, -0.2) is 94.3 Å². The lowest BCUT2D eigenvalue weighted by molar-refractivity contribution is -0.146. The minimum absolute atomic E-state index is 0.00557. The summed E-state index contributed by atoms with van der Waals surface area (Å²) in [4.78, 5) is 55.5. The number of aryl methyl sites for hydroxylation is 1. The van der Waals surface area contributed by atoms with Crippen molar-refractivity contribution in [1.29, 1.82) is 0 Å². The molecule has 2 aliphatic heterocycles. The average Bonchev–Trinajstić information content (AvgIpc) is 3.39. The van der Waals surface area contributed by atoms with Crippen LogP contribution in [0.3, 0.4) is 0 Å². The number of rotatable bonds is 10. The van der Waals surface area contributed by atoms with Gasteiger partial charge in [0.05, 0.1) is 33.1 Å². The number of ether oxygens (including phenoxy) is 5. The zero-order valence-electron chi connectivity index (χ0n) is 29.4. The van der Waals surface area contributed by atoms with Crippen molar-refractivity contribution in [3.8, 4) is 39.9 Å². The van der Waals surface area contributed by atoms with Crippen LogP contribution in [0.15, 0.2) is 53.3 Å². The molecule has 3 aliphatic rings. The molecule has 2 atom stereocenters. The van der Waals surface area contributed by atoms with Crippen molar-refractivity contribution in [3.05, 3.63) is 69.9 Å². The van der Waals surface area contributed by atoms with Crippen molar-refractivity contribution >= 4 is 23.4 Å². The first kappa shape index (κ1) is 35.4. The third-order valence-corrected chi connectivity index (χ3v) is 9.53. The van der Waals surface area contributed by atoms with Crippen molar-refractivity contribution in [2.24, 2.45) is 0 Å². The maximum absolute atomic E-state index is 13.6. The van der Waals surface area contributed by atoms with Crippen LogP contribution in [0, 0.1) is 0 Å². The molecule has 0 bridgehead atoms. The molecule has 3 aromatic carbocycles. The number of benzene rings is 2. The summed E-state index contributed by atoms with van der Waals surface area (Å²) in [7, 11) is 4.67. The van der Waals surface area contributed by atoms with Gasteiger partial charge in [0.2, 0.25) is 29.1 Å². The smallest absolute Gasteiger partial charge is 0.267 e. The number of piperazine rings is 1. The predicted molar refractivity (Wildman–Crippen MR) is 190 cm³/mol. The van der Waals surface area contributed by atoms with Crippen LogP contribution in [0.2, 0.25) is 0 Å². The fraction of sp³-hybridized carbons (Fsp3) is 0.421. The molecule has 1 unspecified atom stereocenters. The van der Waals surface area contributed by atoms with Crippen molar-refractivity contribution in [3.63, 3.8) is 0 Å². The summed E-state index contributed by atoms with van der Waals surface area (Å²) >= 11 is 0. The van der Waals surface area contributed by atoms with Crippen LogP contribution in [0.4, 0.5) is 5.69 Å². The molecule has 51 heavy (non-hydrogen) atoms. The zero-order chi connectivity index (χ0) is 36.1. The van der Waals surface area contributed by atoms with E-state index >= 15 is 0 Å². The number of fused-ring (bicyclic) bond motifs is 4. The van der Waals surface area contributed by atoms with Crippen molar-refractivity contribution in [2.45, 2.75) is 44.8 Å². The molecule has 1 fully saturated rings. The first-order valence-corrected chi connectivity index (χ1v) is 17.2. The molecule has 0 aromatic heterocycles. The normalized spacial score (nSPS) is 17.6. The lowest BCUT2D eigenvalue weighted by atomic mass is 9.95. The first-order chi connectivity index (χ1) is 24.7. The molecule has 3 aromatic rings. The van der Waals surface area contributed by atoms with Crippen molar-refractivity contribution in [1.82, 2.24) is 15.1 Å². The summed E-state index contributed by atoms with van der Waals surface area (Å²) in [5.41, 5.74) is 3.27. The van der Waals surface area contributed by atoms with Gasteiger partial charge in [0, 0.05) is 51.6 Å². The molecule has 0 spiro atoms. The Balaban J connectivity index is 1.09. The maximum atomic E-state index is 13.6. The van der Waals surface area contributed by atoms with Gasteiger partial charge in [-0.3, -0.25) is 19.2 Å². The monoisotopic (exact) mass is 700 g/mol. The summed E-state index contributed by atoms with van der Waals surface area (Å²) in [5.74, 6) is 2.27. The van der Waals surface area contributed by atoms with Gasteiger partial charge in [-0.15, -0.1) is 0 Å². The lowest BCUT2D eigenvalue weighted by Crippen LogP contribution is -2.55. The highest BCUT2D eigenvalue weighted by Crippen LogP contribution is 2.50. The number of hydrogen-bond acceptors (Lipinski definition) is 10. The zero-order valence-corrected chi connectivity index (χ0v) is 29.4. The Morgan fingerprint density at radius 3 is 2.33 bits per heavy atom. The van der Waals surface area contributed by atoms with Crippen LogP contribution < -0.4 is 39.7 Å². The highest BCUT2D eigenvalue weighted by molar-refractivity contribution is 5.84. The minimum Gasteiger partial charge on any atom is -0.493 e. The van der Waals surface area contributed by atoms with Crippen LogP contribution in [0.1, 0.15) is 43.4 Å². The first-order valence-electron chi connectivity index (χ1n) is 17.2. The van der Waals surface area contributed by atoms with Crippen LogP contribution in [0.5, 0.6) is 28.7 Å². The second-order valence-electron chi connectivity index (χ2n) is 12.7. The molecule has 1 aliphatic carbocycles. The van der Waals surface area contributed by atoms with E-state index in [1.807, 2.05) is 24.3 Å². The number of nitrogens with one attached hydrogen (secondary N) is 2. The predicted octanol–water partition coefficient (Wildman–Crippen LogP) is 3.57. The Labute approximate surface area is 296 Å². The van der Waals surface area contributed by atoms with Gasteiger partial charge in [-0.2, -0.15) is 0 Å². The van der Waals surface area contributed by atoms with Gasteiger partial charge in [-0.05, 0) is 66.3 Å². The van der Waals surface area contributed by atoms with E-state index in [1.165, 1.54) is 6.92 Å². The highest BCUT2D eigenvalue weighted by Gasteiger charge is 2.34. The van der Waals surface area contributed by atoms with E-state index in [2.05, 4.69) is 10.6 Å². The van der Waals surface area contributed by atoms with E-state index in [4.69, 9.17) is 23.7 Å². The number of methoxy groups -OCH3 is 3. The molecule has 2 N–H and O–H groups in total. The summed E-state index contributed by atoms with van der Waals surface area (Å²) in [6, 6.07) is 13.9. The van der Waals surface area contributed by atoms with Crippen LogP contribution in [0.25, 0.3) is 11.1 Å². The second kappa shape index (κ2) is 15.6. The van der Waals surface area contributed by atoms with Gasteiger partial charge in [0.25, 0.3) is 5.91 Å². The van der Waals surface area contributed by atoms with Gasteiger partial charge >= 0.3 is 0 Å². The number of amides is 3. The minimum atomic E-state index is -0.715. The van der Waals surface area contributed by atoms with E-state index in [1.54, 1.807) is 55.4 Å². The Bertz CT molecular complexity index is 1860. The number of anilines is 1. The molecular formula is C38H44N4O9. The maximum Gasteiger partial charge on any atom is 0.267 e. The molecular weight excluding hydrogens is 656 g/mol. The van der Waals surface area contributed by atoms with Crippen LogP contribution >= 0.6 is 0 Å². The molecule has 0 saturated carbocycles. The van der Waals surface area contributed by atoms with Crippen molar-refractivity contribution < 1.29 is 38.1 Å². The number of carbonyl (C=O) groups excluding carboxylic acids is 3. The molecule has 13 heteroatoms. The van der Waals surface area contributed by atoms with E-state index in [0.717, 1.165) is 16.7 Å². The number of hydrogen-bond donors (Lipinski definition) is 2. The lowest BCUT2D eigenvalue weighted by Gasteiger charge is -2.37. The fourth-order valence-electron chi connectivity index (χ4n) is 7.00. The number of carbonyl (C=O) groups is 3. The third-order valence-electron chi connectivity index (χ3n) is 9.53. The second-order valence-corrected chi connectivity index (χ2v) is 12.7. The molecule has 2 heterocycles. The van der Waals surface area contributed by atoms with Gasteiger partial charge in [-0.1, -0.05) is 18.2 Å². The molecule has 0 radical (unpaired) electrons. The largest absolute Gasteiger partial charge is 0.493 e. The van der Waals surface area contributed by atoms with Crippen molar-refractivity contribution in [2.75, 3.05) is 66.0 Å². The Hall–Kier alpha value is -5.46. The Morgan fingerprint density at radius 2 is 1.63 bits per heavy atom. The quantitative estimate of drug-likeness (QED) is 0.301. The molecule has 1 saturated heterocycles.